The van der Waals surface area contributed by atoms with Crippen molar-refractivity contribution in [3.8, 4) is 0 Å². The predicted molar refractivity (Wildman–Crippen MR) is 383 cm³/mol. The van der Waals surface area contributed by atoms with Gasteiger partial charge >= 0.3 is 0 Å². The van der Waals surface area contributed by atoms with Crippen molar-refractivity contribution in [1.82, 2.24) is 5.32 Å². The third-order valence-electron chi connectivity index (χ3n) is 19.3. The van der Waals surface area contributed by atoms with Crippen LogP contribution in [0.15, 0.2) is 60.8 Å². The van der Waals surface area contributed by atoms with Crippen LogP contribution in [-0.4, -0.2) is 193 Å². The first-order valence-corrected chi connectivity index (χ1v) is 39.0. The fourth-order valence-corrected chi connectivity index (χ4v) is 13.1. The summed E-state index contributed by atoms with van der Waals surface area (Å²) >= 11 is 0. The number of ether oxygens (including phenoxy) is 6. The van der Waals surface area contributed by atoms with E-state index in [4.69, 9.17) is 28.4 Å². The second-order valence-electron chi connectivity index (χ2n) is 27.8. The molecule has 17 unspecified atom stereocenters. The van der Waals surface area contributed by atoms with Crippen molar-refractivity contribution in [2.24, 2.45) is 0 Å². The Morgan fingerprint density at radius 1 is 0.381 bits per heavy atom. The van der Waals surface area contributed by atoms with E-state index >= 15 is 0 Å². The van der Waals surface area contributed by atoms with E-state index < -0.39 is 124 Å². The average Bonchev–Trinajstić information content (AvgIpc) is 0.792. The quantitative estimate of drug-likeness (QED) is 0.0199. The van der Waals surface area contributed by atoms with Crippen molar-refractivity contribution in [2.45, 2.75) is 401 Å². The van der Waals surface area contributed by atoms with Gasteiger partial charge in [-0.1, -0.05) is 293 Å². The average molecular weight is 1380 g/mol. The number of allylic oxidation sites excluding steroid dienone is 9. The Labute approximate surface area is 586 Å². The van der Waals surface area contributed by atoms with Gasteiger partial charge < -0.3 is 89.9 Å². The molecule has 3 saturated heterocycles. The molecule has 0 aliphatic carbocycles. The van der Waals surface area contributed by atoms with Crippen LogP contribution in [0.25, 0.3) is 0 Å². The number of hydrogen-bond acceptors (Lipinski definition) is 18. The summed E-state index contributed by atoms with van der Waals surface area (Å²) in [5, 5.41) is 121. The van der Waals surface area contributed by atoms with E-state index in [0.717, 1.165) is 70.6 Å². The Morgan fingerprint density at radius 3 is 1.11 bits per heavy atom. The van der Waals surface area contributed by atoms with Crippen LogP contribution in [-0.2, 0) is 33.2 Å². The molecular formula is C78H141NO18. The number of rotatable bonds is 61. The monoisotopic (exact) mass is 1380 g/mol. The zero-order valence-electron chi connectivity index (χ0n) is 60.3. The number of aliphatic hydroxyl groups is 11. The summed E-state index contributed by atoms with van der Waals surface area (Å²) in [6, 6.07) is -0.973. The van der Waals surface area contributed by atoms with Gasteiger partial charge in [0.15, 0.2) is 18.9 Å². The molecule has 12 N–H and O–H groups in total. The van der Waals surface area contributed by atoms with Crippen LogP contribution in [0.1, 0.15) is 296 Å². The van der Waals surface area contributed by atoms with Gasteiger partial charge in [-0.05, 0) is 57.8 Å². The minimum Gasteiger partial charge on any atom is -0.394 e. The Morgan fingerprint density at radius 2 is 0.711 bits per heavy atom. The van der Waals surface area contributed by atoms with Crippen LogP contribution in [0.2, 0.25) is 0 Å². The number of carbonyl (C=O) groups is 1. The predicted octanol–water partition coefficient (Wildman–Crippen LogP) is 12.3. The Hall–Kier alpha value is -2.51. The molecule has 0 aromatic carbocycles. The lowest BCUT2D eigenvalue weighted by Crippen LogP contribution is -2.66. The largest absolute Gasteiger partial charge is 0.394 e. The maximum Gasteiger partial charge on any atom is 0.220 e. The highest BCUT2D eigenvalue weighted by Crippen LogP contribution is 2.33. The number of unbranched alkanes of at least 4 members (excludes halogenated alkanes) is 37. The molecule has 0 aromatic heterocycles. The zero-order valence-corrected chi connectivity index (χ0v) is 60.3. The van der Waals surface area contributed by atoms with E-state index in [9.17, 15) is 61.0 Å². The minimum atomic E-state index is -1.98. The lowest BCUT2D eigenvalue weighted by molar-refractivity contribution is -0.379. The van der Waals surface area contributed by atoms with Crippen molar-refractivity contribution >= 4 is 5.91 Å². The Kier molecular flexibility index (Phi) is 53.9. The summed E-state index contributed by atoms with van der Waals surface area (Å²) in [5.41, 5.74) is 0. The molecule has 17 atom stereocenters. The van der Waals surface area contributed by atoms with Crippen LogP contribution in [0.4, 0.5) is 0 Å². The summed E-state index contributed by atoms with van der Waals surface area (Å²) in [6.07, 6.45) is 47.8. The van der Waals surface area contributed by atoms with Gasteiger partial charge in [0.2, 0.25) is 5.91 Å². The highest BCUT2D eigenvalue weighted by Gasteiger charge is 2.53. The lowest BCUT2D eigenvalue weighted by Gasteiger charge is -2.48. The Balaban J connectivity index is 1.34. The molecule has 0 spiro atoms. The number of carbonyl (C=O) groups excluding carboxylic acids is 1. The highest BCUT2D eigenvalue weighted by molar-refractivity contribution is 5.76. The highest BCUT2D eigenvalue weighted by atomic mass is 16.8. The van der Waals surface area contributed by atoms with Crippen LogP contribution >= 0.6 is 0 Å². The van der Waals surface area contributed by atoms with Gasteiger partial charge in [0.1, 0.15) is 73.2 Å². The van der Waals surface area contributed by atoms with Crippen molar-refractivity contribution in [3.05, 3.63) is 60.8 Å². The molecule has 97 heavy (non-hydrogen) atoms. The number of aliphatic hydroxyl groups excluding tert-OH is 11. The van der Waals surface area contributed by atoms with Gasteiger partial charge in [-0.25, -0.2) is 0 Å². The first-order chi connectivity index (χ1) is 47.3. The number of amides is 1. The topological polar surface area (TPSA) is 307 Å². The van der Waals surface area contributed by atoms with Crippen LogP contribution in [0.3, 0.4) is 0 Å². The maximum atomic E-state index is 13.5. The molecular weight excluding hydrogens is 1240 g/mol. The van der Waals surface area contributed by atoms with E-state index in [1.807, 2.05) is 6.08 Å². The summed E-state index contributed by atoms with van der Waals surface area (Å²) in [5.74, 6) is -0.271. The number of hydrogen-bond donors (Lipinski definition) is 12. The molecule has 19 heteroatoms. The first-order valence-electron chi connectivity index (χ1n) is 39.0. The smallest absolute Gasteiger partial charge is 0.220 e. The molecule has 0 radical (unpaired) electrons. The van der Waals surface area contributed by atoms with Gasteiger partial charge in [-0.2, -0.15) is 0 Å². The molecule has 19 nitrogen and oxygen atoms in total. The van der Waals surface area contributed by atoms with E-state index in [-0.39, 0.29) is 18.9 Å². The molecule has 0 saturated carbocycles. The van der Waals surface area contributed by atoms with Gasteiger partial charge in [0, 0.05) is 6.42 Å². The molecule has 3 rings (SSSR count). The fourth-order valence-electron chi connectivity index (χ4n) is 13.1. The summed E-state index contributed by atoms with van der Waals surface area (Å²) in [7, 11) is 0. The van der Waals surface area contributed by atoms with Gasteiger partial charge in [0.05, 0.1) is 38.6 Å². The summed E-state index contributed by atoms with van der Waals surface area (Å²) in [6.45, 7) is 1.65. The minimum absolute atomic E-state index is 0.245. The third-order valence-corrected chi connectivity index (χ3v) is 19.3. The van der Waals surface area contributed by atoms with Crippen molar-refractivity contribution in [2.75, 3.05) is 26.4 Å². The molecule has 3 heterocycles. The molecule has 3 aliphatic rings. The normalized spacial score (nSPS) is 27.2. The van der Waals surface area contributed by atoms with E-state index in [1.54, 1.807) is 6.08 Å². The van der Waals surface area contributed by atoms with E-state index in [2.05, 4.69) is 67.8 Å². The van der Waals surface area contributed by atoms with Crippen molar-refractivity contribution in [3.63, 3.8) is 0 Å². The zero-order chi connectivity index (χ0) is 70.4. The standard InChI is InChI=1S/C78H141NO18/c1-3-5-7-9-11-13-15-17-19-21-22-23-24-25-26-27-28-29-30-31-32-33-34-35-36-37-38-40-42-44-46-48-50-52-54-56-66(84)79-61(62(83)55-53-51-49-47-45-43-41-39-20-18-16-14-12-10-8-6-4-2)60-92-76-72(90)69(87)74(64(58-81)94-76)97-78-73(91)70(88)75(65(59-82)95-78)96-77-71(89)68(86)67(85)63(57-80)93-77/h5,7,11,13,17,19,22-23,53,55,61-65,67-78,80-83,85-91H,3-4,6,8-10,12,14-16,18,20-21,24-52,54,56-60H2,1-2H3,(H,79,84)/b7-5-,13-11-,19-17-,23-22-,55-53+. The van der Waals surface area contributed by atoms with Crippen LogP contribution in [0, 0.1) is 0 Å². The fraction of sp³-hybridized carbons (Fsp3) is 0.859. The SMILES string of the molecule is CC/C=C\C/C=C\C/C=C\C/C=C\CCCCCCCCCCCCCCCCCCCCCCCCC(=O)NC(COC1OC(CO)C(OC2OC(CO)C(OC3OC(CO)C(O)C(O)C3O)C(O)C2O)C(O)C1O)C(O)/C=C/CCCCCCCCCCCCCCCCC. The second-order valence-corrected chi connectivity index (χ2v) is 27.8. The van der Waals surface area contributed by atoms with Crippen molar-refractivity contribution < 1.29 is 89.4 Å². The molecule has 0 bridgehead atoms. The lowest BCUT2D eigenvalue weighted by atomic mass is 9.96. The molecule has 0 aromatic rings. The second kappa shape index (κ2) is 58.9. The van der Waals surface area contributed by atoms with Gasteiger partial charge in [0.25, 0.3) is 0 Å². The summed E-state index contributed by atoms with van der Waals surface area (Å²) < 4.78 is 34.4. The third kappa shape index (κ3) is 39.6. The molecule has 3 fully saturated rings. The van der Waals surface area contributed by atoms with E-state index in [1.165, 1.54) is 199 Å². The summed E-state index contributed by atoms with van der Waals surface area (Å²) in [4.78, 5) is 13.5. The van der Waals surface area contributed by atoms with Crippen LogP contribution in [0.5, 0.6) is 0 Å². The Bertz CT molecular complexity index is 1990. The van der Waals surface area contributed by atoms with Crippen molar-refractivity contribution in [1.29, 1.82) is 0 Å². The van der Waals surface area contributed by atoms with Gasteiger partial charge in [-0.15, -0.1) is 0 Å². The van der Waals surface area contributed by atoms with Gasteiger partial charge in [-0.3, -0.25) is 4.79 Å². The molecule has 3 aliphatic heterocycles. The molecule has 566 valence electrons. The van der Waals surface area contributed by atoms with Crippen LogP contribution < -0.4 is 5.32 Å². The maximum absolute atomic E-state index is 13.5. The number of nitrogens with one attached hydrogen (secondary N) is 1. The van der Waals surface area contributed by atoms with E-state index in [0.29, 0.717) is 6.42 Å². The first kappa shape index (κ1) is 88.7. The molecule has 1 amide bonds.